The molecule has 2 aromatic rings. The number of rotatable bonds is 2. The predicted octanol–water partition coefficient (Wildman–Crippen LogP) is 2.55. The van der Waals surface area contributed by atoms with Gasteiger partial charge in [-0.3, -0.25) is 0 Å². The van der Waals surface area contributed by atoms with Crippen LogP contribution < -0.4 is 5.73 Å². The van der Waals surface area contributed by atoms with Crippen molar-refractivity contribution in [3.05, 3.63) is 35.2 Å². The van der Waals surface area contributed by atoms with Gasteiger partial charge in [-0.05, 0) is 44.9 Å². The average Bonchev–Trinajstić information content (AvgIpc) is 2.70. The SMILES string of the molecule is Cc1cccc(-c2nc(C(C)(C)N)no2)c1C. The van der Waals surface area contributed by atoms with Crippen LogP contribution in [-0.4, -0.2) is 10.1 Å². The molecule has 0 aliphatic rings. The minimum absolute atomic E-state index is 0.522. The topological polar surface area (TPSA) is 64.9 Å². The zero-order chi connectivity index (χ0) is 12.6. The summed E-state index contributed by atoms with van der Waals surface area (Å²) in [5, 5.41) is 3.92. The van der Waals surface area contributed by atoms with Gasteiger partial charge in [0.25, 0.3) is 5.89 Å². The summed E-state index contributed by atoms with van der Waals surface area (Å²) in [5.74, 6) is 1.05. The van der Waals surface area contributed by atoms with Gasteiger partial charge in [-0.25, -0.2) is 0 Å². The molecule has 90 valence electrons. The Morgan fingerprint density at radius 2 is 1.94 bits per heavy atom. The summed E-state index contributed by atoms with van der Waals surface area (Å²) < 4.78 is 5.27. The molecule has 0 saturated carbocycles. The molecular weight excluding hydrogens is 214 g/mol. The lowest BCUT2D eigenvalue weighted by molar-refractivity contribution is 0.397. The summed E-state index contributed by atoms with van der Waals surface area (Å²) in [7, 11) is 0. The van der Waals surface area contributed by atoms with Crippen LogP contribution in [0.1, 0.15) is 30.8 Å². The Labute approximate surface area is 101 Å². The van der Waals surface area contributed by atoms with E-state index in [1.54, 1.807) is 0 Å². The van der Waals surface area contributed by atoms with Crippen molar-refractivity contribution < 1.29 is 4.52 Å². The largest absolute Gasteiger partial charge is 0.334 e. The Morgan fingerprint density at radius 3 is 2.53 bits per heavy atom. The molecule has 0 saturated heterocycles. The maximum Gasteiger partial charge on any atom is 0.258 e. The summed E-state index contributed by atoms with van der Waals surface area (Å²) >= 11 is 0. The van der Waals surface area contributed by atoms with E-state index in [1.807, 2.05) is 32.9 Å². The van der Waals surface area contributed by atoms with E-state index in [0.29, 0.717) is 11.7 Å². The van der Waals surface area contributed by atoms with Crippen molar-refractivity contribution in [1.29, 1.82) is 0 Å². The zero-order valence-corrected chi connectivity index (χ0v) is 10.6. The van der Waals surface area contributed by atoms with Gasteiger partial charge in [0.1, 0.15) is 0 Å². The number of aryl methyl sites for hydroxylation is 1. The van der Waals surface area contributed by atoms with Crippen molar-refractivity contribution in [3.63, 3.8) is 0 Å². The average molecular weight is 231 g/mol. The van der Waals surface area contributed by atoms with Gasteiger partial charge in [0.05, 0.1) is 5.54 Å². The highest BCUT2D eigenvalue weighted by molar-refractivity contribution is 5.60. The standard InChI is InChI=1S/C13H17N3O/c1-8-6-5-7-10(9(8)2)11-15-12(16-17-11)13(3,4)14/h5-7H,14H2,1-4H3. The van der Waals surface area contributed by atoms with Gasteiger partial charge < -0.3 is 10.3 Å². The molecule has 17 heavy (non-hydrogen) atoms. The van der Waals surface area contributed by atoms with Crippen LogP contribution in [0.3, 0.4) is 0 Å². The fourth-order valence-corrected chi connectivity index (χ4v) is 1.58. The van der Waals surface area contributed by atoms with Gasteiger partial charge in [0.15, 0.2) is 5.82 Å². The third-order valence-electron chi connectivity index (χ3n) is 2.84. The van der Waals surface area contributed by atoms with Crippen molar-refractivity contribution in [2.75, 3.05) is 0 Å². The number of hydrogen-bond acceptors (Lipinski definition) is 4. The minimum atomic E-state index is -0.584. The monoisotopic (exact) mass is 231 g/mol. The summed E-state index contributed by atoms with van der Waals surface area (Å²) in [4.78, 5) is 4.35. The molecule has 0 amide bonds. The lowest BCUT2D eigenvalue weighted by Crippen LogP contribution is -2.30. The first kappa shape index (κ1) is 11.8. The van der Waals surface area contributed by atoms with Crippen LogP contribution in [0.25, 0.3) is 11.5 Å². The fraction of sp³-hybridized carbons (Fsp3) is 0.385. The zero-order valence-electron chi connectivity index (χ0n) is 10.6. The third-order valence-corrected chi connectivity index (χ3v) is 2.84. The first-order valence-electron chi connectivity index (χ1n) is 5.59. The molecule has 4 heteroatoms. The van der Waals surface area contributed by atoms with Gasteiger partial charge in [0, 0.05) is 5.56 Å². The van der Waals surface area contributed by atoms with E-state index in [0.717, 1.165) is 11.1 Å². The number of hydrogen-bond donors (Lipinski definition) is 1. The lowest BCUT2D eigenvalue weighted by Gasteiger charge is -2.11. The predicted molar refractivity (Wildman–Crippen MR) is 66.4 cm³/mol. The van der Waals surface area contributed by atoms with Crippen LogP contribution in [0, 0.1) is 13.8 Å². The number of aromatic nitrogens is 2. The lowest BCUT2D eigenvalue weighted by atomic mass is 10.0. The van der Waals surface area contributed by atoms with Crippen LogP contribution in [0.5, 0.6) is 0 Å². The van der Waals surface area contributed by atoms with Crippen molar-refractivity contribution in [2.45, 2.75) is 33.2 Å². The van der Waals surface area contributed by atoms with E-state index in [-0.39, 0.29) is 0 Å². The molecule has 2 N–H and O–H groups in total. The van der Waals surface area contributed by atoms with Crippen LogP contribution in [0.4, 0.5) is 0 Å². The highest BCUT2D eigenvalue weighted by Gasteiger charge is 2.22. The highest BCUT2D eigenvalue weighted by Crippen LogP contribution is 2.25. The molecule has 1 heterocycles. The van der Waals surface area contributed by atoms with Crippen molar-refractivity contribution in [3.8, 4) is 11.5 Å². The van der Waals surface area contributed by atoms with E-state index in [2.05, 4.69) is 23.1 Å². The number of nitrogens with zero attached hydrogens (tertiary/aromatic N) is 2. The van der Waals surface area contributed by atoms with E-state index in [9.17, 15) is 0 Å². The van der Waals surface area contributed by atoms with E-state index < -0.39 is 5.54 Å². The van der Waals surface area contributed by atoms with Crippen LogP contribution in [0.2, 0.25) is 0 Å². The first-order chi connectivity index (χ1) is 7.89. The molecule has 4 nitrogen and oxygen atoms in total. The maximum atomic E-state index is 5.93. The quantitative estimate of drug-likeness (QED) is 0.862. The minimum Gasteiger partial charge on any atom is -0.334 e. The Morgan fingerprint density at radius 1 is 1.24 bits per heavy atom. The molecular formula is C13H17N3O. The third kappa shape index (κ3) is 2.22. The summed E-state index contributed by atoms with van der Waals surface area (Å²) in [5.41, 5.74) is 8.67. The van der Waals surface area contributed by atoms with E-state index in [1.165, 1.54) is 5.56 Å². The van der Waals surface area contributed by atoms with Crippen molar-refractivity contribution in [2.24, 2.45) is 5.73 Å². The molecule has 0 aliphatic heterocycles. The fourth-order valence-electron chi connectivity index (χ4n) is 1.58. The van der Waals surface area contributed by atoms with Gasteiger partial charge in [-0.2, -0.15) is 4.98 Å². The second-order valence-electron chi connectivity index (χ2n) is 4.89. The number of nitrogens with two attached hydrogens (primary N) is 1. The van der Waals surface area contributed by atoms with Gasteiger partial charge in [-0.15, -0.1) is 0 Å². The van der Waals surface area contributed by atoms with Crippen molar-refractivity contribution >= 4 is 0 Å². The van der Waals surface area contributed by atoms with Crippen molar-refractivity contribution in [1.82, 2.24) is 10.1 Å². The second-order valence-corrected chi connectivity index (χ2v) is 4.89. The first-order valence-corrected chi connectivity index (χ1v) is 5.59. The Balaban J connectivity index is 2.48. The summed E-state index contributed by atoms with van der Waals surface area (Å²) in [6, 6.07) is 6.02. The summed E-state index contributed by atoms with van der Waals surface area (Å²) in [6.07, 6.45) is 0. The highest BCUT2D eigenvalue weighted by atomic mass is 16.5. The summed E-state index contributed by atoms with van der Waals surface area (Å²) in [6.45, 7) is 7.81. The molecule has 1 aromatic carbocycles. The van der Waals surface area contributed by atoms with Gasteiger partial charge in [-0.1, -0.05) is 17.3 Å². The molecule has 0 atom stereocenters. The maximum absolute atomic E-state index is 5.93. The Kier molecular flexibility index (Phi) is 2.75. The molecule has 0 fully saturated rings. The molecule has 0 aliphatic carbocycles. The Bertz CT molecular complexity index is 538. The molecule has 0 bridgehead atoms. The molecule has 0 spiro atoms. The normalized spacial score (nSPS) is 11.8. The van der Waals surface area contributed by atoms with Gasteiger partial charge >= 0.3 is 0 Å². The Hall–Kier alpha value is -1.68. The molecule has 0 radical (unpaired) electrons. The second kappa shape index (κ2) is 3.96. The van der Waals surface area contributed by atoms with Gasteiger partial charge in [0.2, 0.25) is 0 Å². The van der Waals surface area contributed by atoms with E-state index >= 15 is 0 Å². The van der Waals surface area contributed by atoms with Crippen LogP contribution in [0.15, 0.2) is 22.7 Å². The number of benzene rings is 1. The van der Waals surface area contributed by atoms with Crippen LogP contribution >= 0.6 is 0 Å². The molecule has 2 rings (SSSR count). The smallest absolute Gasteiger partial charge is 0.258 e. The van der Waals surface area contributed by atoms with Crippen LogP contribution in [-0.2, 0) is 5.54 Å². The van der Waals surface area contributed by atoms with E-state index in [4.69, 9.17) is 10.3 Å². The molecule has 1 aromatic heterocycles. The molecule has 0 unspecified atom stereocenters.